The Morgan fingerprint density at radius 1 is 1.67 bits per heavy atom. The molecule has 1 N–H and O–H groups in total. The van der Waals surface area contributed by atoms with Crippen molar-refractivity contribution < 1.29 is 9.53 Å². The average Bonchev–Trinajstić information content (AvgIpc) is 2.04. The third kappa shape index (κ3) is 2.19. The minimum absolute atomic E-state index is 0.0642. The van der Waals surface area contributed by atoms with E-state index < -0.39 is 6.09 Å². The normalized spacial score (nSPS) is 9.17. The predicted molar refractivity (Wildman–Crippen MR) is 41.9 cm³/mol. The number of aromatic nitrogens is 2. The van der Waals surface area contributed by atoms with Crippen molar-refractivity contribution in [3.8, 4) is 6.01 Å². The van der Waals surface area contributed by atoms with Crippen LogP contribution in [0.15, 0.2) is 12.3 Å². The van der Waals surface area contributed by atoms with Crippen molar-refractivity contribution >= 4 is 6.09 Å². The van der Waals surface area contributed by atoms with Crippen LogP contribution in [-0.4, -0.2) is 23.1 Å². The number of hydrogen-bond donors (Lipinski definition) is 1. The lowest BCUT2D eigenvalue weighted by atomic mass is 10.5. The first-order valence-corrected chi connectivity index (χ1v) is 3.41. The first-order valence-electron chi connectivity index (χ1n) is 3.41. The SMILES string of the molecule is CNC(=O)Oc1nccc(C)n1. The summed E-state index contributed by atoms with van der Waals surface area (Å²) in [6.45, 7) is 1.79. The third-order valence-electron chi connectivity index (χ3n) is 1.16. The Kier molecular flexibility index (Phi) is 2.57. The molecule has 1 amide bonds. The molecule has 0 saturated carbocycles. The zero-order valence-electron chi connectivity index (χ0n) is 6.87. The molecule has 1 aromatic rings. The number of ether oxygens (including phenoxy) is 1. The molecular formula is C7H9N3O2. The van der Waals surface area contributed by atoms with Crippen molar-refractivity contribution in [2.45, 2.75) is 6.92 Å². The van der Waals surface area contributed by atoms with Crippen LogP contribution in [0.3, 0.4) is 0 Å². The number of carbonyl (C=O) groups excluding carboxylic acids is 1. The van der Waals surface area contributed by atoms with Gasteiger partial charge in [0.25, 0.3) is 0 Å². The van der Waals surface area contributed by atoms with E-state index in [0.717, 1.165) is 5.69 Å². The van der Waals surface area contributed by atoms with Crippen LogP contribution in [-0.2, 0) is 0 Å². The van der Waals surface area contributed by atoms with Crippen molar-refractivity contribution in [3.05, 3.63) is 18.0 Å². The fraction of sp³-hybridized carbons (Fsp3) is 0.286. The molecule has 0 bridgehead atoms. The molecule has 0 aliphatic heterocycles. The highest BCUT2D eigenvalue weighted by Crippen LogP contribution is 2.00. The summed E-state index contributed by atoms with van der Waals surface area (Å²) in [5, 5.41) is 2.29. The van der Waals surface area contributed by atoms with Crippen LogP contribution in [0.2, 0.25) is 0 Å². The van der Waals surface area contributed by atoms with Gasteiger partial charge in [0.2, 0.25) is 0 Å². The van der Waals surface area contributed by atoms with E-state index >= 15 is 0 Å². The Morgan fingerprint density at radius 3 is 3.00 bits per heavy atom. The molecule has 5 heteroatoms. The summed E-state index contributed by atoms with van der Waals surface area (Å²) >= 11 is 0. The van der Waals surface area contributed by atoms with Gasteiger partial charge in [-0.15, -0.1) is 0 Å². The quantitative estimate of drug-likeness (QED) is 0.661. The largest absolute Gasteiger partial charge is 0.414 e. The molecule has 0 aliphatic carbocycles. The molecule has 0 aromatic carbocycles. The molecule has 5 nitrogen and oxygen atoms in total. The maximum Gasteiger partial charge on any atom is 0.414 e. The van der Waals surface area contributed by atoms with E-state index in [1.807, 2.05) is 0 Å². The van der Waals surface area contributed by atoms with Gasteiger partial charge in [0.1, 0.15) is 0 Å². The van der Waals surface area contributed by atoms with E-state index in [1.165, 1.54) is 13.2 Å². The monoisotopic (exact) mass is 167 g/mol. The van der Waals surface area contributed by atoms with Gasteiger partial charge in [0.15, 0.2) is 0 Å². The summed E-state index contributed by atoms with van der Waals surface area (Å²) in [6.07, 6.45) is 0.959. The van der Waals surface area contributed by atoms with Crippen LogP contribution in [0.1, 0.15) is 5.69 Å². The van der Waals surface area contributed by atoms with E-state index in [4.69, 9.17) is 0 Å². The number of hydrogen-bond acceptors (Lipinski definition) is 4. The molecule has 0 saturated heterocycles. The second-order valence-electron chi connectivity index (χ2n) is 2.12. The van der Waals surface area contributed by atoms with Crippen molar-refractivity contribution in [1.29, 1.82) is 0 Å². The smallest absolute Gasteiger partial charge is 0.374 e. The van der Waals surface area contributed by atoms with Crippen LogP contribution in [0, 0.1) is 6.92 Å². The highest BCUT2D eigenvalue weighted by molar-refractivity contribution is 5.68. The topological polar surface area (TPSA) is 64.1 Å². The number of rotatable bonds is 1. The molecule has 12 heavy (non-hydrogen) atoms. The maximum atomic E-state index is 10.7. The summed E-state index contributed by atoms with van der Waals surface area (Å²) in [5.74, 6) is 0. The molecule has 0 radical (unpaired) electrons. The fourth-order valence-corrected chi connectivity index (χ4v) is 0.609. The molecule has 0 fully saturated rings. The number of aryl methyl sites for hydroxylation is 1. The van der Waals surface area contributed by atoms with E-state index in [0.29, 0.717) is 0 Å². The lowest BCUT2D eigenvalue weighted by molar-refractivity contribution is 0.199. The van der Waals surface area contributed by atoms with Crippen molar-refractivity contribution in [2.24, 2.45) is 0 Å². The van der Waals surface area contributed by atoms with Gasteiger partial charge in [0.05, 0.1) is 0 Å². The molecule has 0 atom stereocenters. The van der Waals surface area contributed by atoms with Crippen LogP contribution in [0.25, 0.3) is 0 Å². The molecular weight excluding hydrogens is 158 g/mol. The van der Waals surface area contributed by atoms with E-state index in [-0.39, 0.29) is 6.01 Å². The maximum absolute atomic E-state index is 10.7. The number of amides is 1. The second-order valence-corrected chi connectivity index (χ2v) is 2.12. The van der Waals surface area contributed by atoms with Gasteiger partial charge in [0, 0.05) is 18.9 Å². The summed E-state index contributed by atoms with van der Waals surface area (Å²) in [6, 6.07) is 1.78. The summed E-state index contributed by atoms with van der Waals surface area (Å²) in [7, 11) is 1.47. The second kappa shape index (κ2) is 3.66. The van der Waals surface area contributed by atoms with Crippen LogP contribution in [0.4, 0.5) is 4.79 Å². The average molecular weight is 167 g/mol. The zero-order chi connectivity index (χ0) is 8.97. The van der Waals surface area contributed by atoms with E-state index in [9.17, 15) is 4.79 Å². The summed E-state index contributed by atoms with van der Waals surface area (Å²) < 4.78 is 4.67. The fourth-order valence-electron chi connectivity index (χ4n) is 0.609. The molecule has 1 heterocycles. The number of nitrogens with one attached hydrogen (secondary N) is 1. The van der Waals surface area contributed by atoms with Crippen molar-refractivity contribution in [1.82, 2.24) is 15.3 Å². The summed E-state index contributed by atoms with van der Waals surface area (Å²) in [5.41, 5.74) is 0.754. The van der Waals surface area contributed by atoms with Gasteiger partial charge in [-0.25, -0.2) is 14.8 Å². The predicted octanol–water partition coefficient (Wildman–Crippen LogP) is 0.503. The lowest BCUT2D eigenvalue weighted by Gasteiger charge is -2.00. The highest BCUT2D eigenvalue weighted by atomic mass is 16.6. The lowest BCUT2D eigenvalue weighted by Crippen LogP contribution is -2.23. The van der Waals surface area contributed by atoms with Crippen molar-refractivity contribution in [3.63, 3.8) is 0 Å². The first-order chi connectivity index (χ1) is 5.72. The Morgan fingerprint density at radius 2 is 2.42 bits per heavy atom. The first kappa shape index (κ1) is 8.45. The minimum Gasteiger partial charge on any atom is -0.374 e. The summed E-state index contributed by atoms with van der Waals surface area (Å²) in [4.78, 5) is 18.3. The van der Waals surface area contributed by atoms with Gasteiger partial charge in [-0.2, -0.15) is 0 Å². The zero-order valence-corrected chi connectivity index (χ0v) is 6.87. The number of nitrogens with zero attached hydrogens (tertiary/aromatic N) is 2. The molecule has 1 aromatic heterocycles. The van der Waals surface area contributed by atoms with E-state index in [1.54, 1.807) is 13.0 Å². The Bertz CT molecular complexity index is 288. The molecule has 1 rings (SSSR count). The van der Waals surface area contributed by atoms with E-state index in [2.05, 4.69) is 20.0 Å². The Balaban J connectivity index is 2.69. The Hall–Kier alpha value is -1.65. The van der Waals surface area contributed by atoms with Crippen LogP contribution in [0.5, 0.6) is 6.01 Å². The minimum atomic E-state index is -0.569. The van der Waals surface area contributed by atoms with Crippen LogP contribution >= 0.6 is 0 Å². The Labute approximate surface area is 69.8 Å². The molecule has 0 unspecified atom stereocenters. The molecule has 64 valence electrons. The van der Waals surface area contributed by atoms with Gasteiger partial charge in [-0.05, 0) is 13.0 Å². The van der Waals surface area contributed by atoms with Crippen molar-refractivity contribution in [2.75, 3.05) is 7.05 Å². The van der Waals surface area contributed by atoms with Gasteiger partial charge in [-0.3, -0.25) is 0 Å². The third-order valence-corrected chi connectivity index (χ3v) is 1.16. The highest BCUT2D eigenvalue weighted by Gasteiger charge is 2.02. The van der Waals surface area contributed by atoms with Gasteiger partial charge in [-0.1, -0.05) is 0 Å². The molecule has 0 aliphatic rings. The molecule has 0 spiro atoms. The standard InChI is InChI=1S/C7H9N3O2/c1-5-3-4-9-6(10-5)12-7(11)8-2/h3-4H,1-2H3,(H,8,11). The van der Waals surface area contributed by atoms with Crippen LogP contribution < -0.4 is 10.1 Å². The van der Waals surface area contributed by atoms with Gasteiger partial charge >= 0.3 is 12.1 Å². The van der Waals surface area contributed by atoms with Gasteiger partial charge < -0.3 is 10.1 Å². The number of carbonyl (C=O) groups is 1.